The lowest BCUT2D eigenvalue weighted by atomic mass is 9.68. The molecule has 1 aliphatic heterocycles. The van der Waals surface area contributed by atoms with Gasteiger partial charge in [0.1, 0.15) is 12.4 Å². The number of rotatable bonds is 6. The number of carbonyl (C=O) groups excluding carboxylic acids is 1. The maximum Gasteiger partial charge on any atom is 0.178 e. The summed E-state index contributed by atoms with van der Waals surface area (Å²) in [7, 11) is 1.61. The topological polar surface area (TPSA) is 77.0 Å². The third-order valence-electron chi connectivity index (χ3n) is 6.75. The van der Waals surface area contributed by atoms with E-state index in [9.17, 15) is 4.79 Å². The van der Waals surface area contributed by atoms with Crippen LogP contribution in [-0.2, 0) is 21.2 Å². The van der Waals surface area contributed by atoms with Gasteiger partial charge >= 0.3 is 0 Å². The van der Waals surface area contributed by atoms with E-state index >= 15 is 0 Å². The zero-order chi connectivity index (χ0) is 23.9. The van der Waals surface area contributed by atoms with E-state index in [1.807, 2.05) is 30.3 Å². The number of aliphatic hydroxyl groups is 1. The summed E-state index contributed by atoms with van der Waals surface area (Å²) in [5, 5.41) is 14.7. The fourth-order valence-electron chi connectivity index (χ4n) is 5.34. The molecule has 0 bridgehead atoms. The molecule has 34 heavy (non-hydrogen) atoms. The highest BCUT2D eigenvalue weighted by molar-refractivity contribution is 6.04. The van der Waals surface area contributed by atoms with Crippen molar-refractivity contribution >= 4 is 22.2 Å². The molecule has 0 fully saturated rings. The quantitative estimate of drug-likeness (QED) is 0.221. The van der Waals surface area contributed by atoms with Crippen LogP contribution in [-0.4, -0.2) is 24.8 Å². The van der Waals surface area contributed by atoms with Crippen LogP contribution in [0.2, 0.25) is 0 Å². The molecule has 1 aliphatic carbocycles. The van der Waals surface area contributed by atoms with Crippen LogP contribution in [0.4, 0.5) is 5.69 Å². The van der Waals surface area contributed by atoms with E-state index in [2.05, 4.69) is 48.3 Å². The molecule has 1 atom stereocenters. The number of Topliss-reactive ketones (excluding diaryl/α,β-unsaturated/α-hetero) is 1. The van der Waals surface area contributed by atoms with E-state index in [0.29, 0.717) is 12.2 Å². The van der Waals surface area contributed by atoms with Gasteiger partial charge in [-0.3, -0.25) is 4.79 Å². The molecule has 0 saturated heterocycles. The molecule has 1 unspecified atom stereocenters. The molecular weight excluding hydrogens is 430 g/mol. The summed E-state index contributed by atoms with van der Waals surface area (Å²) >= 11 is 0. The number of allylic oxidation sites excluding steroid dienone is 2. The highest BCUT2D eigenvalue weighted by Crippen LogP contribution is 2.51. The lowest BCUT2D eigenvalue weighted by molar-refractivity contribution is -0.336. The number of carbonyl (C=O) groups is 1. The second-order valence-electron chi connectivity index (χ2n) is 9.72. The van der Waals surface area contributed by atoms with Crippen LogP contribution in [0.1, 0.15) is 49.3 Å². The largest absolute Gasteiger partial charge is 0.496 e. The normalized spacial score (nSPS) is 18.9. The molecule has 2 aliphatic rings. The highest BCUT2D eigenvalue weighted by Gasteiger charge is 2.41. The second-order valence-corrected chi connectivity index (χ2v) is 9.72. The van der Waals surface area contributed by atoms with Crippen LogP contribution in [0.25, 0.3) is 10.8 Å². The third-order valence-corrected chi connectivity index (χ3v) is 6.75. The number of hydrogen-bond donors (Lipinski definition) is 2. The third kappa shape index (κ3) is 3.98. The van der Waals surface area contributed by atoms with Crippen molar-refractivity contribution in [2.24, 2.45) is 5.41 Å². The van der Waals surface area contributed by atoms with E-state index in [1.54, 1.807) is 7.11 Å². The number of fused-ring (bicyclic) bond motifs is 3. The minimum Gasteiger partial charge on any atom is -0.496 e. The van der Waals surface area contributed by atoms with Gasteiger partial charge in [0.25, 0.3) is 0 Å². The summed E-state index contributed by atoms with van der Waals surface area (Å²) in [5.74, 6) is 0.619. The fraction of sp³-hybridized carbons (Fsp3) is 0.321. The first-order valence-electron chi connectivity index (χ1n) is 11.5. The number of anilines is 1. The maximum atomic E-state index is 13.6. The number of methoxy groups -OCH3 is 1. The van der Waals surface area contributed by atoms with Crippen molar-refractivity contribution < 1.29 is 24.4 Å². The van der Waals surface area contributed by atoms with E-state index in [1.165, 1.54) is 0 Å². The predicted octanol–water partition coefficient (Wildman–Crippen LogP) is 5.45. The summed E-state index contributed by atoms with van der Waals surface area (Å²) in [6.07, 6.45) is 1.34. The summed E-state index contributed by atoms with van der Waals surface area (Å²) in [5.41, 5.74) is 5.69. The molecule has 0 amide bonds. The minimum atomic E-state index is -0.519. The Labute approximate surface area is 199 Å². The number of ketones is 1. The summed E-state index contributed by atoms with van der Waals surface area (Å²) in [6, 6.07) is 18.5. The highest BCUT2D eigenvalue weighted by atomic mass is 17.2. The molecule has 3 aromatic rings. The molecule has 5 rings (SSSR count). The first-order valence-corrected chi connectivity index (χ1v) is 11.5. The maximum absolute atomic E-state index is 13.6. The van der Waals surface area contributed by atoms with Gasteiger partial charge in [-0.1, -0.05) is 56.3 Å². The van der Waals surface area contributed by atoms with Crippen molar-refractivity contribution in [1.29, 1.82) is 0 Å². The van der Waals surface area contributed by atoms with E-state index < -0.39 is 6.79 Å². The monoisotopic (exact) mass is 459 g/mol. The van der Waals surface area contributed by atoms with E-state index in [0.717, 1.165) is 50.8 Å². The number of benzene rings is 3. The molecule has 1 heterocycles. The average molecular weight is 460 g/mol. The van der Waals surface area contributed by atoms with Crippen molar-refractivity contribution in [2.45, 2.75) is 39.2 Å². The number of nitrogens with one attached hydrogen (secondary N) is 1. The number of aliphatic hydroxyl groups excluding tert-OH is 1. The van der Waals surface area contributed by atoms with Crippen molar-refractivity contribution in [3.8, 4) is 5.75 Å². The Balaban J connectivity index is 1.70. The smallest absolute Gasteiger partial charge is 0.178 e. The summed E-state index contributed by atoms with van der Waals surface area (Å²) in [4.78, 5) is 23.2. The Bertz CT molecular complexity index is 1290. The molecular formula is C28H29NO5. The first-order chi connectivity index (χ1) is 16.4. The van der Waals surface area contributed by atoms with Gasteiger partial charge in [-0.25, -0.2) is 9.78 Å². The Morgan fingerprint density at radius 3 is 2.68 bits per heavy atom. The number of ether oxygens (including phenoxy) is 1. The molecule has 0 saturated carbocycles. The van der Waals surface area contributed by atoms with Gasteiger partial charge in [-0.15, -0.1) is 0 Å². The van der Waals surface area contributed by atoms with Gasteiger partial charge in [0.05, 0.1) is 7.11 Å². The van der Waals surface area contributed by atoms with Crippen LogP contribution in [0.5, 0.6) is 5.75 Å². The SMILES string of the molecule is COc1cc(C2C3=C(CC(C)(C)CC3=O)Nc3ccc4ccccc4c32)ccc1COOCO. The van der Waals surface area contributed by atoms with Crippen LogP contribution in [0.15, 0.2) is 65.9 Å². The zero-order valence-corrected chi connectivity index (χ0v) is 19.7. The predicted molar refractivity (Wildman–Crippen MR) is 130 cm³/mol. The van der Waals surface area contributed by atoms with Crippen LogP contribution in [0.3, 0.4) is 0 Å². The van der Waals surface area contributed by atoms with E-state index in [4.69, 9.17) is 14.7 Å². The molecule has 3 aromatic carbocycles. The van der Waals surface area contributed by atoms with Crippen LogP contribution >= 0.6 is 0 Å². The van der Waals surface area contributed by atoms with Gasteiger partial charge in [0.15, 0.2) is 12.6 Å². The number of hydrogen-bond acceptors (Lipinski definition) is 6. The second kappa shape index (κ2) is 8.87. The van der Waals surface area contributed by atoms with Gasteiger partial charge < -0.3 is 15.2 Å². The minimum absolute atomic E-state index is 0.0899. The molecule has 0 spiro atoms. The van der Waals surface area contributed by atoms with Crippen LogP contribution in [0, 0.1) is 5.41 Å². The van der Waals surface area contributed by atoms with Crippen LogP contribution < -0.4 is 10.1 Å². The Morgan fingerprint density at radius 1 is 1.06 bits per heavy atom. The lowest BCUT2D eigenvalue weighted by Gasteiger charge is -2.40. The Hall–Kier alpha value is -3.19. The molecule has 0 radical (unpaired) electrons. The summed E-state index contributed by atoms with van der Waals surface area (Å²) in [6.45, 7) is 3.91. The molecule has 0 aromatic heterocycles. The van der Waals surface area contributed by atoms with Crippen molar-refractivity contribution in [3.63, 3.8) is 0 Å². The molecule has 6 heteroatoms. The van der Waals surface area contributed by atoms with E-state index in [-0.39, 0.29) is 23.7 Å². The van der Waals surface area contributed by atoms with Crippen molar-refractivity contribution in [1.82, 2.24) is 0 Å². The van der Waals surface area contributed by atoms with Crippen molar-refractivity contribution in [2.75, 3.05) is 19.2 Å². The van der Waals surface area contributed by atoms with Gasteiger partial charge in [0.2, 0.25) is 0 Å². The summed E-state index contributed by atoms with van der Waals surface area (Å²) < 4.78 is 5.66. The fourth-order valence-corrected chi connectivity index (χ4v) is 5.34. The molecule has 6 nitrogen and oxygen atoms in total. The Morgan fingerprint density at radius 2 is 1.88 bits per heavy atom. The van der Waals surface area contributed by atoms with Gasteiger partial charge in [-0.2, -0.15) is 0 Å². The lowest BCUT2D eigenvalue weighted by Crippen LogP contribution is -2.33. The Kier molecular flexibility index (Phi) is 5.90. The van der Waals surface area contributed by atoms with Gasteiger partial charge in [0, 0.05) is 34.9 Å². The van der Waals surface area contributed by atoms with Gasteiger partial charge in [-0.05, 0) is 45.9 Å². The average Bonchev–Trinajstić information content (AvgIpc) is 2.82. The zero-order valence-electron chi connectivity index (χ0n) is 19.7. The molecule has 176 valence electrons. The first kappa shape index (κ1) is 22.6. The standard InChI is InChI=1S/C28H29NO5/c1-28(2)13-22-27(23(31)14-28)25(18-8-9-19(15-33-34-16-30)24(12-18)32-3)26-20-7-5-4-6-17(20)10-11-21(26)29-22/h4-12,25,29-30H,13-16H2,1-3H3. The molecule has 2 N–H and O–H groups in total. The van der Waals surface area contributed by atoms with Crippen molar-refractivity contribution in [3.05, 3.63) is 82.6 Å².